The number of carbonyl (C=O) groups excluding carboxylic acids is 2. The number of oxazole rings is 1. The molecule has 2 saturated heterocycles. The second kappa shape index (κ2) is 8.38. The van der Waals surface area contributed by atoms with Crippen LogP contribution in [0.5, 0.6) is 0 Å². The summed E-state index contributed by atoms with van der Waals surface area (Å²) >= 11 is 1.67. The topological polar surface area (TPSA) is 66.7 Å². The van der Waals surface area contributed by atoms with Gasteiger partial charge in [-0.15, -0.1) is 11.8 Å². The summed E-state index contributed by atoms with van der Waals surface area (Å²) < 4.78 is 5.93. The van der Waals surface area contributed by atoms with Gasteiger partial charge in [0.05, 0.1) is 5.92 Å². The summed E-state index contributed by atoms with van der Waals surface area (Å²) in [6, 6.07) is 15.7. The molecular formula is C24H25N3O3S. The SMILES string of the molecule is CSc1ccc(N2CC(C(=O)N3CCC(c4nc5ccccc5o4)CC3)CC2=O)cc1. The second-order valence-corrected chi connectivity index (χ2v) is 9.10. The molecule has 0 bridgehead atoms. The Balaban J connectivity index is 1.20. The predicted octanol–water partition coefficient (Wildman–Crippen LogP) is 4.31. The highest BCUT2D eigenvalue weighted by Gasteiger charge is 2.38. The minimum absolute atomic E-state index is 0.0246. The largest absolute Gasteiger partial charge is 0.440 e. The standard InChI is InChI=1S/C24H25N3O3S/c1-31-19-8-6-18(7-9-19)27-15-17(14-22(27)28)24(29)26-12-10-16(11-13-26)23-25-20-4-2-3-5-21(20)30-23/h2-9,16-17H,10-15H2,1H3. The van der Waals surface area contributed by atoms with Gasteiger partial charge in [-0.1, -0.05) is 12.1 Å². The lowest BCUT2D eigenvalue weighted by Gasteiger charge is -2.32. The van der Waals surface area contributed by atoms with Crippen molar-refractivity contribution in [1.29, 1.82) is 0 Å². The molecule has 0 radical (unpaired) electrons. The summed E-state index contributed by atoms with van der Waals surface area (Å²) in [4.78, 5) is 35.1. The van der Waals surface area contributed by atoms with Crippen molar-refractivity contribution in [3.8, 4) is 0 Å². The number of aromatic nitrogens is 1. The highest BCUT2D eigenvalue weighted by molar-refractivity contribution is 7.98. The third kappa shape index (κ3) is 3.94. The van der Waals surface area contributed by atoms with Crippen LogP contribution in [0, 0.1) is 5.92 Å². The number of piperidine rings is 1. The maximum atomic E-state index is 13.1. The average molecular weight is 436 g/mol. The van der Waals surface area contributed by atoms with Crippen LogP contribution in [-0.2, 0) is 9.59 Å². The van der Waals surface area contributed by atoms with Crippen molar-refractivity contribution in [2.24, 2.45) is 5.92 Å². The highest BCUT2D eigenvalue weighted by atomic mass is 32.2. The Morgan fingerprint density at radius 2 is 1.84 bits per heavy atom. The maximum absolute atomic E-state index is 13.1. The smallest absolute Gasteiger partial charge is 0.228 e. The van der Waals surface area contributed by atoms with Gasteiger partial charge in [0.15, 0.2) is 11.5 Å². The highest BCUT2D eigenvalue weighted by Crippen LogP contribution is 2.32. The van der Waals surface area contributed by atoms with E-state index in [1.807, 2.05) is 59.7 Å². The van der Waals surface area contributed by atoms with E-state index in [0.717, 1.165) is 40.4 Å². The van der Waals surface area contributed by atoms with Gasteiger partial charge in [-0.05, 0) is 55.5 Å². The summed E-state index contributed by atoms with van der Waals surface area (Å²) in [5.74, 6) is 0.843. The zero-order valence-corrected chi connectivity index (χ0v) is 18.3. The van der Waals surface area contributed by atoms with E-state index < -0.39 is 0 Å². The lowest BCUT2D eigenvalue weighted by atomic mass is 9.95. The van der Waals surface area contributed by atoms with Gasteiger partial charge in [-0.3, -0.25) is 9.59 Å². The molecule has 7 heteroatoms. The molecule has 2 amide bonds. The van der Waals surface area contributed by atoms with E-state index in [1.165, 1.54) is 0 Å². The van der Waals surface area contributed by atoms with E-state index in [0.29, 0.717) is 19.6 Å². The van der Waals surface area contributed by atoms with Crippen LogP contribution in [-0.4, -0.2) is 47.6 Å². The number of thioether (sulfide) groups is 1. The van der Waals surface area contributed by atoms with Gasteiger partial charge in [0.2, 0.25) is 11.8 Å². The predicted molar refractivity (Wildman–Crippen MR) is 121 cm³/mol. The summed E-state index contributed by atoms with van der Waals surface area (Å²) in [7, 11) is 0. The first-order valence-electron chi connectivity index (χ1n) is 10.7. The summed E-state index contributed by atoms with van der Waals surface area (Å²) in [5, 5.41) is 0. The van der Waals surface area contributed by atoms with Gasteiger partial charge in [0.25, 0.3) is 0 Å². The van der Waals surface area contributed by atoms with Crippen molar-refractivity contribution in [2.75, 3.05) is 30.8 Å². The average Bonchev–Trinajstić information content (AvgIpc) is 3.42. The molecule has 160 valence electrons. The van der Waals surface area contributed by atoms with Crippen LogP contribution in [0.15, 0.2) is 57.8 Å². The van der Waals surface area contributed by atoms with Crippen LogP contribution < -0.4 is 4.90 Å². The lowest BCUT2D eigenvalue weighted by molar-refractivity contribution is -0.136. The van der Waals surface area contributed by atoms with Crippen LogP contribution in [0.3, 0.4) is 0 Å². The minimum Gasteiger partial charge on any atom is -0.440 e. The second-order valence-electron chi connectivity index (χ2n) is 8.22. The van der Waals surface area contributed by atoms with E-state index in [1.54, 1.807) is 16.7 Å². The van der Waals surface area contributed by atoms with E-state index in [9.17, 15) is 9.59 Å². The number of benzene rings is 2. The number of hydrogen-bond acceptors (Lipinski definition) is 5. The van der Waals surface area contributed by atoms with Crippen LogP contribution in [0.1, 0.15) is 31.1 Å². The number of rotatable bonds is 4. The fourth-order valence-corrected chi connectivity index (χ4v) is 4.96. The molecule has 2 aliphatic heterocycles. The van der Waals surface area contributed by atoms with Crippen molar-refractivity contribution in [3.05, 3.63) is 54.4 Å². The third-order valence-corrected chi connectivity index (χ3v) is 7.07. The zero-order valence-electron chi connectivity index (χ0n) is 17.5. The molecule has 1 atom stereocenters. The van der Waals surface area contributed by atoms with Gasteiger partial charge in [0, 0.05) is 42.6 Å². The Kier molecular flexibility index (Phi) is 5.44. The molecule has 31 heavy (non-hydrogen) atoms. The molecule has 2 fully saturated rings. The Bertz CT molecular complexity index is 1070. The molecule has 0 aliphatic carbocycles. The van der Waals surface area contributed by atoms with Gasteiger partial charge in [0.1, 0.15) is 5.52 Å². The normalized spacial score (nSPS) is 20.0. The minimum atomic E-state index is -0.270. The molecular weight excluding hydrogens is 410 g/mol. The summed E-state index contributed by atoms with van der Waals surface area (Å²) in [6.07, 6.45) is 3.98. The Morgan fingerprint density at radius 3 is 2.55 bits per heavy atom. The molecule has 6 nitrogen and oxygen atoms in total. The third-order valence-electron chi connectivity index (χ3n) is 6.32. The fraction of sp³-hybridized carbons (Fsp3) is 0.375. The number of likely N-dealkylation sites (tertiary alicyclic amines) is 1. The number of nitrogens with zero attached hydrogens (tertiary/aromatic N) is 3. The van der Waals surface area contributed by atoms with E-state index in [4.69, 9.17) is 4.42 Å². The summed E-state index contributed by atoms with van der Waals surface area (Å²) in [6.45, 7) is 1.81. The van der Waals surface area contributed by atoms with Crippen LogP contribution in [0.2, 0.25) is 0 Å². The molecule has 5 rings (SSSR count). The van der Waals surface area contributed by atoms with Crippen LogP contribution >= 0.6 is 11.8 Å². The fourth-order valence-electron chi connectivity index (χ4n) is 4.55. The molecule has 0 N–H and O–H groups in total. The first kappa shape index (κ1) is 20.1. The molecule has 1 unspecified atom stereocenters. The van der Waals surface area contributed by atoms with E-state index in [2.05, 4.69) is 4.98 Å². The lowest BCUT2D eigenvalue weighted by Crippen LogP contribution is -2.42. The molecule has 0 spiro atoms. The Morgan fingerprint density at radius 1 is 1.10 bits per heavy atom. The number of carbonyl (C=O) groups is 2. The van der Waals surface area contributed by atoms with Gasteiger partial charge < -0.3 is 14.2 Å². The molecule has 2 aliphatic rings. The molecule has 3 aromatic rings. The van der Waals surface area contributed by atoms with Crippen LogP contribution in [0.4, 0.5) is 5.69 Å². The van der Waals surface area contributed by atoms with Crippen molar-refractivity contribution in [2.45, 2.75) is 30.1 Å². The molecule has 2 aromatic carbocycles. The zero-order chi connectivity index (χ0) is 21.4. The van der Waals surface area contributed by atoms with Crippen molar-refractivity contribution in [1.82, 2.24) is 9.88 Å². The Hall–Kier alpha value is -2.80. The van der Waals surface area contributed by atoms with Crippen LogP contribution in [0.25, 0.3) is 11.1 Å². The van der Waals surface area contributed by atoms with Crippen molar-refractivity contribution in [3.63, 3.8) is 0 Å². The first-order valence-corrected chi connectivity index (χ1v) is 11.9. The maximum Gasteiger partial charge on any atom is 0.228 e. The molecule has 0 saturated carbocycles. The number of para-hydroxylation sites is 2. The number of hydrogen-bond donors (Lipinski definition) is 0. The molecule has 1 aromatic heterocycles. The Labute approximate surface area is 185 Å². The summed E-state index contributed by atoms with van der Waals surface area (Å²) in [5.41, 5.74) is 2.56. The van der Waals surface area contributed by atoms with E-state index >= 15 is 0 Å². The first-order chi connectivity index (χ1) is 15.1. The van der Waals surface area contributed by atoms with Gasteiger partial charge in [-0.2, -0.15) is 0 Å². The molecule has 3 heterocycles. The van der Waals surface area contributed by atoms with Crippen molar-refractivity contribution < 1.29 is 14.0 Å². The van der Waals surface area contributed by atoms with Crippen molar-refractivity contribution >= 4 is 40.4 Å². The monoisotopic (exact) mass is 435 g/mol. The van der Waals surface area contributed by atoms with Gasteiger partial charge >= 0.3 is 0 Å². The number of amides is 2. The van der Waals surface area contributed by atoms with E-state index in [-0.39, 0.29) is 30.1 Å². The van der Waals surface area contributed by atoms with Gasteiger partial charge in [-0.25, -0.2) is 4.98 Å². The number of fused-ring (bicyclic) bond motifs is 1. The number of anilines is 1. The quantitative estimate of drug-likeness (QED) is 0.572.